The molecule has 2 saturated heterocycles. The summed E-state index contributed by atoms with van der Waals surface area (Å²) in [4.78, 5) is 14.9. The lowest BCUT2D eigenvalue weighted by atomic mass is 9.46. The second-order valence-electron chi connectivity index (χ2n) is 17.2. The van der Waals surface area contributed by atoms with Crippen LogP contribution in [-0.4, -0.2) is 80.0 Å². The van der Waals surface area contributed by atoms with Crippen LogP contribution in [0, 0.1) is 57.2 Å². The second-order valence-corrected chi connectivity index (χ2v) is 17.2. The highest BCUT2D eigenvalue weighted by molar-refractivity contribution is 5.76. The van der Waals surface area contributed by atoms with Crippen molar-refractivity contribution in [2.75, 3.05) is 33.4 Å². The number of nitrogens with zero attached hydrogens (tertiary/aromatic N) is 1. The predicted molar refractivity (Wildman–Crippen MR) is 162 cm³/mol. The number of aliphatic hydroxyl groups is 1. The first-order valence-corrected chi connectivity index (χ1v) is 17.9. The van der Waals surface area contributed by atoms with E-state index in [1.165, 1.54) is 44.9 Å². The van der Waals surface area contributed by atoms with Crippen LogP contribution in [-0.2, 0) is 23.7 Å². The smallest absolute Gasteiger partial charge is 0.223 e. The number of rotatable bonds is 6. The Morgan fingerprint density at radius 2 is 1.77 bits per heavy atom. The lowest BCUT2D eigenvalue weighted by Crippen LogP contribution is -2.57. The van der Waals surface area contributed by atoms with E-state index in [0.717, 1.165) is 19.3 Å². The topological polar surface area (TPSA) is 77.5 Å². The molecule has 7 heteroatoms. The molecule has 8 rings (SSSR count). The van der Waals surface area contributed by atoms with Crippen LogP contribution in [0.3, 0.4) is 0 Å². The Balaban J connectivity index is 0.998. The quantitative estimate of drug-likeness (QED) is 0.439. The Hall–Kier alpha value is -0.730. The van der Waals surface area contributed by atoms with E-state index in [1.54, 1.807) is 7.11 Å². The van der Waals surface area contributed by atoms with Crippen LogP contribution in [0.5, 0.6) is 0 Å². The number of fused-ring (bicyclic) bond motifs is 4. The number of morpholine rings is 1. The van der Waals surface area contributed by atoms with Gasteiger partial charge < -0.3 is 29.0 Å². The summed E-state index contributed by atoms with van der Waals surface area (Å²) in [5.41, 5.74) is 0.916. The average molecular weight is 600 g/mol. The van der Waals surface area contributed by atoms with Gasteiger partial charge in [-0.1, -0.05) is 27.7 Å². The molecule has 6 aliphatic carbocycles. The van der Waals surface area contributed by atoms with Crippen LogP contribution >= 0.6 is 0 Å². The van der Waals surface area contributed by atoms with Gasteiger partial charge in [0.15, 0.2) is 6.29 Å². The van der Waals surface area contributed by atoms with E-state index in [9.17, 15) is 9.90 Å². The minimum atomic E-state index is -0.361. The molecule has 2 spiro atoms. The molecule has 0 aromatic carbocycles. The van der Waals surface area contributed by atoms with Crippen LogP contribution in [0.2, 0.25) is 0 Å². The van der Waals surface area contributed by atoms with Gasteiger partial charge in [-0.15, -0.1) is 0 Å². The molecule has 242 valence electrons. The molecule has 43 heavy (non-hydrogen) atoms. The summed E-state index contributed by atoms with van der Waals surface area (Å²) in [5, 5.41) is 12.0. The molecule has 8 fully saturated rings. The number of amides is 1. The van der Waals surface area contributed by atoms with Crippen molar-refractivity contribution in [2.45, 2.75) is 129 Å². The first kappa shape index (κ1) is 29.7. The monoisotopic (exact) mass is 599 g/mol. The van der Waals surface area contributed by atoms with E-state index in [0.29, 0.717) is 79.1 Å². The van der Waals surface area contributed by atoms with E-state index in [2.05, 4.69) is 27.7 Å². The van der Waals surface area contributed by atoms with Gasteiger partial charge in [0.25, 0.3) is 0 Å². The minimum absolute atomic E-state index is 0.0337. The molecule has 0 radical (unpaired) electrons. The number of methoxy groups -OCH3 is 1. The standard InChI is InChI=1S/C36H57NO6/c1-21-35-15-14-34(4)25-9-8-23(20-40-5)42-32(25)31(39)30(34)24(35)10-11-26-33(2,3)27(12-13-36(21,26)35)43-29-19-37(16-17-41-29)28(38)18-22-6-7-22/h21-27,29-32,39H,6-20H2,1-5H3/t21-,23+,24-,25?,26?,27-,29?,30?,31?,32-,34+,35-,36?/m0/s1. The lowest BCUT2D eigenvalue weighted by Gasteiger charge is -2.60. The molecule has 8 aliphatic rings. The van der Waals surface area contributed by atoms with Crippen molar-refractivity contribution in [1.29, 1.82) is 0 Å². The van der Waals surface area contributed by atoms with Gasteiger partial charge in [-0.05, 0) is 121 Å². The molecular weight excluding hydrogens is 542 g/mol. The number of aliphatic hydroxyl groups excluding tert-OH is 1. The molecule has 6 unspecified atom stereocenters. The number of carbonyl (C=O) groups is 1. The van der Waals surface area contributed by atoms with Crippen LogP contribution < -0.4 is 0 Å². The third-order valence-electron chi connectivity index (χ3n) is 15.5. The minimum Gasteiger partial charge on any atom is -0.390 e. The van der Waals surface area contributed by atoms with Crippen molar-refractivity contribution in [2.24, 2.45) is 57.2 Å². The Kier molecular flexibility index (Phi) is 6.99. The molecule has 13 atom stereocenters. The van der Waals surface area contributed by atoms with Crippen LogP contribution in [0.25, 0.3) is 0 Å². The van der Waals surface area contributed by atoms with E-state index in [1.807, 2.05) is 4.90 Å². The highest BCUT2D eigenvalue weighted by Crippen LogP contribution is 2.89. The fourth-order valence-electron chi connectivity index (χ4n) is 13.5. The zero-order chi connectivity index (χ0) is 29.9. The van der Waals surface area contributed by atoms with Gasteiger partial charge in [0, 0.05) is 20.1 Å². The van der Waals surface area contributed by atoms with Crippen LogP contribution in [0.1, 0.15) is 98.3 Å². The number of ether oxygens (including phenoxy) is 4. The maximum absolute atomic E-state index is 12.9. The maximum Gasteiger partial charge on any atom is 0.223 e. The van der Waals surface area contributed by atoms with Crippen molar-refractivity contribution in [1.82, 2.24) is 4.90 Å². The molecule has 0 aromatic heterocycles. The Morgan fingerprint density at radius 3 is 2.53 bits per heavy atom. The summed E-state index contributed by atoms with van der Waals surface area (Å²) < 4.78 is 25.0. The Labute approximate surface area is 259 Å². The van der Waals surface area contributed by atoms with Gasteiger partial charge in [-0.2, -0.15) is 0 Å². The second kappa shape index (κ2) is 10.1. The van der Waals surface area contributed by atoms with Crippen molar-refractivity contribution in [3.63, 3.8) is 0 Å². The van der Waals surface area contributed by atoms with Gasteiger partial charge in [0.05, 0.1) is 44.2 Å². The Morgan fingerprint density at radius 1 is 0.977 bits per heavy atom. The van der Waals surface area contributed by atoms with Gasteiger partial charge in [0.2, 0.25) is 5.91 Å². The third-order valence-corrected chi connectivity index (χ3v) is 15.5. The average Bonchev–Trinajstić information content (AvgIpc) is 3.88. The molecule has 6 saturated carbocycles. The molecule has 0 aromatic rings. The van der Waals surface area contributed by atoms with Gasteiger partial charge in [-0.25, -0.2) is 0 Å². The lowest BCUT2D eigenvalue weighted by molar-refractivity contribution is -0.245. The predicted octanol–water partition coefficient (Wildman–Crippen LogP) is 5.43. The summed E-state index contributed by atoms with van der Waals surface area (Å²) in [6.45, 7) is 12.5. The SMILES string of the molecule is COC[C@H]1CCC2[C@H](O1)C(O)C1[C@@H]3CCC4C(C)(C)[C@@H](OC5CN(C(=O)CC6CC6)CCO5)CCC45[C@@H](C)[C@@]35CC[C@]21C. The zero-order valence-electron chi connectivity index (χ0n) is 27.4. The van der Waals surface area contributed by atoms with E-state index < -0.39 is 0 Å². The van der Waals surface area contributed by atoms with Gasteiger partial charge >= 0.3 is 0 Å². The number of hydrogen-bond acceptors (Lipinski definition) is 6. The molecule has 0 bridgehead atoms. The van der Waals surface area contributed by atoms with Gasteiger partial charge in [-0.3, -0.25) is 4.79 Å². The van der Waals surface area contributed by atoms with Crippen LogP contribution in [0.15, 0.2) is 0 Å². The number of carbonyl (C=O) groups excluding carboxylic acids is 1. The normalized spacial score (nSPS) is 53.2. The van der Waals surface area contributed by atoms with Gasteiger partial charge in [0.1, 0.15) is 0 Å². The van der Waals surface area contributed by atoms with Crippen molar-refractivity contribution >= 4 is 5.91 Å². The molecule has 1 amide bonds. The number of hydrogen-bond donors (Lipinski definition) is 1. The first-order chi connectivity index (χ1) is 20.6. The van der Waals surface area contributed by atoms with Crippen molar-refractivity contribution in [3.05, 3.63) is 0 Å². The fourth-order valence-corrected chi connectivity index (χ4v) is 13.5. The molecule has 2 heterocycles. The zero-order valence-corrected chi connectivity index (χ0v) is 27.4. The van der Waals surface area contributed by atoms with Crippen molar-refractivity contribution in [3.8, 4) is 0 Å². The first-order valence-electron chi connectivity index (χ1n) is 17.9. The maximum atomic E-state index is 12.9. The largest absolute Gasteiger partial charge is 0.390 e. The highest BCUT2D eigenvalue weighted by atomic mass is 16.7. The van der Waals surface area contributed by atoms with Crippen molar-refractivity contribution < 1.29 is 28.8 Å². The summed E-state index contributed by atoms with van der Waals surface area (Å²) in [6.07, 6.45) is 12.1. The molecule has 7 nitrogen and oxygen atoms in total. The van der Waals surface area contributed by atoms with E-state index >= 15 is 0 Å². The summed E-state index contributed by atoms with van der Waals surface area (Å²) in [7, 11) is 1.76. The van der Waals surface area contributed by atoms with E-state index in [4.69, 9.17) is 18.9 Å². The molecule has 1 N–H and O–H groups in total. The summed E-state index contributed by atoms with van der Waals surface area (Å²) >= 11 is 0. The molecule has 2 aliphatic heterocycles. The fraction of sp³-hybridized carbons (Fsp3) is 0.972. The third kappa shape index (κ3) is 4.06. The van der Waals surface area contributed by atoms with E-state index in [-0.39, 0.29) is 47.4 Å². The summed E-state index contributed by atoms with van der Waals surface area (Å²) in [5.74, 6) is 3.60. The summed E-state index contributed by atoms with van der Waals surface area (Å²) in [6, 6.07) is 0. The Bertz CT molecular complexity index is 1110. The highest BCUT2D eigenvalue weighted by Gasteiger charge is 2.85. The van der Waals surface area contributed by atoms with Crippen LogP contribution in [0.4, 0.5) is 0 Å². The molecular formula is C36H57NO6.